The van der Waals surface area contributed by atoms with Crippen LogP contribution in [0.4, 0.5) is 0 Å². The van der Waals surface area contributed by atoms with Gasteiger partial charge in [0, 0.05) is 5.56 Å². The van der Waals surface area contributed by atoms with E-state index in [9.17, 15) is 9.59 Å². The van der Waals surface area contributed by atoms with Crippen LogP contribution >= 0.6 is 0 Å². The molecule has 2 N–H and O–H groups in total. The number of para-hydroxylation sites is 1. The number of nitrogens with zero attached hydrogens (tertiary/aromatic N) is 1. The Balaban J connectivity index is 2.06. The minimum atomic E-state index is -1.11. The van der Waals surface area contributed by atoms with Crippen molar-refractivity contribution in [1.82, 2.24) is 5.43 Å². The second-order valence-corrected chi connectivity index (χ2v) is 5.79. The van der Waals surface area contributed by atoms with Gasteiger partial charge in [0.15, 0.2) is 17.6 Å². The first-order valence-electron chi connectivity index (χ1n) is 8.46. The highest BCUT2D eigenvalue weighted by Gasteiger charge is 2.18. The van der Waals surface area contributed by atoms with E-state index in [2.05, 4.69) is 10.5 Å². The highest BCUT2D eigenvalue weighted by molar-refractivity contribution is 5.87. The van der Waals surface area contributed by atoms with Crippen LogP contribution < -0.4 is 19.6 Å². The van der Waals surface area contributed by atoms with Crippen LogP contribution in [0.1, 0.15) is 18.1 Å². The number of amides is 1. The number of carbonyl (C=O) groups is 2. The zero-order valence-electron chi connectivity index (χ0n) is 15.8. The monoisotopic (exact) mass is 386 g/mol. The molecule has 8 nitrogen and oxygen atoms in total. The summed E-state index contributed by atoms with van der Waals surface area (Å²) in [5.74, 6) is -0.106. The number of carboxylic acid groups (broad SMARTS) is 1. The molecule has 0 aliphatic heterocycles. The third kappa shape index (κ3) is 5.73. The zero-order chi connectivity index (χ0) is 20.5. The van der Waals surface area contributed by atoms with Gasteiger partial charge in [-0.25, -0.2) is 10.2 Å². The summed E-state index contributed by atoms with van der Waals surface area (Å²) in [7, 11) is 3.02. The van der Waals surface area contributed by atoms with Crippen LogP contribution in [0.2, 0.25) is 0 Å². The summed E-state index contributed by atoms with van der Waals surface area (Å²) >= 11 is 0. The lowest BCUT2D eigenvalue weighted by molar-refractivity contribution is -0.144. The standard InChI is InChI=1S/C20H22N2O6/c1-13(20(24)25)28-19-15(5-4-6-17(19)27-3)12-21-22-18(23)11-14-7-9-16(26-2)10-8-14/h4-10,12-13H,11H2,1-3H3,(H,22,23)(H,24,25)/b21-12+/t13-/m1/s1. The molecule has 0 unspecified atom stereocenters. The van der Waals surface area contributed by atoms with Gasteiger partial charge in [-0.2, -0.15) is 5.10 Å². The third-order valence-corrected chi connectivity index (χ3v) is 3.79. The molecule has 148 valence electrons. The zero-order valence-corrected chi connectivity index (χ0v) is 15.8. The Kier molecular flexibility index (Phi) is 7.38. The van der Waals surface area contributed by atoms with Crippen molar-refractivity contribution in [2.45, 2.75) is 19.4 Å². The smallest absolute Gasteiger partial charge is 0.344 e. The summed E-state index contributed by atoms with van der Waals surface area (Å²) in [6.07, 6.45) is 0.449. The van der Waals surface area contributed by atoms with Crippen molar-refractivity contribution < 1.29 is 28.9 Å². The maximum atomic E-state index is 12.0. The Morgan fingerprint density at radius 2 is 1.86 bits per heavy atom. The summed E-state index contributed by atoms with van der Waals surface area (Å²) in [6, 6.07) is 12.2. The summed E-state index contributed by atoms with van der Waals surface area (Å²) in [6.45, 7) is 1.41. The first-order valence-corrected chi connectivity index (χ1v) is 8.46. The molecule has 28 heavy (non-hydrogen) atoms. The Morgan fingerprint density at radius 3 is 2.46 bits per heavy atom. The van der Waals surface area contributed by atoms with Gasteiger partial charge in [0.05, 0.1) is 26.9 Å². The number of ether oxygens (including phenoxy) is 3. The summed E-state index contributed by atoms with van der Waals surface area (Å²) in [4.78, 5) is 23.1. The first-order chi connectivity index (χ1) is 13.4. The van der Waals surface area contributed by atoms with Crippen molar-refractivity contribution in [1.29, 1.82) is 0 Å². The molecule has 0 spiro atoms. The molecular weight excluding hydrogens is 364 g/mol. The van der Waals surface area contributed by atoms with Gasteiger partial charge in [-0.15, -0.1) is 0 Å². The number of hydrogen-bond donors (Lipinski definition) is 2. The van der Waals surface area contributed by atoms with Gasteiger partial charge in [-0.3, -0.25) is 4.79 Å². The van der Waals surface area contributed by atoms with Gasteiger partial charge < -0.3 is 19.3 Å². The molecule has 0 radical (unpaired) electrons. The van der Waals surface area contributed by atoms with E-state index in [0.29, 0.717) is 17.1 Å². The fourth-order valence-corrected chi connectivity index (χ4v) is 2.29. The van der Waals surface area contributed by atoms with Gasteiger partial charge in [-0.1, -0.05) is 18.2 Å². The molecule has 0 aliphatic rings. The van der Waals surface area contributed by atoms with Crippen molar-refractivity contribution >= 4 is 18.1 Å². The normalized spacial score (nSPS) is 11.7. The van der Waals surface area contributed by atoms with Gasteiger partial charge in [0.2, 0.25) is 5.91 Å². The van der Waals surface area contributed by atoms with Gasteiger partial charge in [0.25, 0.3) is 0 Å². The molecule has 0 bridgehead atoms. The molecule has 0 heterocycles. The largest absolute Gasteiger partial charge is 0.497 e. The lowest BCUT2D eigenvalue weighted by Gasteiger charge is -2.15. The van der Waals surface area contributed by atoms with Crippen LogP contribution in [0.3, 0.4) is 0 Å². The number of aliphatic carboxylic acids is 1. The molecule has 1 amide bonds. The average molecular weight is 386 g/mol. The number of benzene rings is 2. The predicted octanol–water partition coefficient (Wildman–Crippen LogP) is 2.25. The molecule has 1 atom stereocenters. The van der Waals surface area contributed by atoms with E-state index >= 15 is 0 Å². The lowest BCUT2D eigenvalue weighted by Crippen LogP contribution is -2.24. The highest BCUT2D eigenvalue weighted by Crippen LogP contribution is 2.31. The molecule has 0 aliphatic carbocycles. The van der Waals surface area contributed by atoms with E-state index in [1.54, 1.807) is 49.6 Å². The van der Waals surface area contributed by atoms with E-state index in [1.165, 1.54) is 20.2 Å². The van der Waals surface area contributed by atoms with Crippen molar-refractivity contribution in [2.24, 2.45) is 5.10 Å². The maximum Gasteiger partial charge on any atom is 0.344 e. The number of hydrogen-bond acceptors (Lipinski definition) is 6. The molecule has 0 fully saturated rings. The predicted molar refractivity (Wildman–Crippen MR) is 103 cm³/mol. The molecule has 8 heteroatoms. The van der Waals surface area contributed by atoms with E-state index in [1.807, 2.05) is 0 Å². The molecule has 2 rings (SSSR count). The van der Waals surface area contributed by atoms with Crippen molar-refractivity contribution in [3.05, 3.63) is 53.6 Å². The second kappa shape index (κ2) is 9.96. The quantitative estimate of drug-likeness (QED) is 0.506. The number of hydrazone groups is 1. The van der Waals surface area contributed by atoms with Crippen molar-refractivity contribution in [3.63, 3.8) is 0 Å². The number of carboxylic acids is 1. The topological polar surface area (TPSA) is 106 Å². The Bertz CT molecular complexity index is 848. The SMILES string of the molecule is COc1ccc(CC(=O)N/N=C/c2cccc(OC)c2O[C@H](C)C(=O)O)cc1. The Labute approximate surface area is 162 Å². The van der Waals surface area contributed by atoms with Gasteiger partial charge in [-0.05, 0) is 36.8 Å². The van der Waals surface area contributed by atoms with Crippen LogP contribution in [0.25, 0.3) is 0 Å². The summed E-state index contributed by atoms with van der Waals surface area (Å²) in [5.41, 5.74) is 3.72. The number of carbonyl (C=O) groups excluding carboxylic acids is 1. The van der Waals surface area contributed by atoms with Gasteiger partial charge in [0.1, 0.15) is 5.75 Å². The summed E-state index contributed by atoms with van der Waals surface area (Å²) in [5, 5.41) is 13.0. The molecule has 2 aromatic rings. The minimum absolute atomic E-state index is 0.152. The highest BCUT2D eigenvalue weighted by atomic mass is 16.5. The molecule has 0 saturated heterocycles. The third-order valence-electron chi connectivity index (χ3n) is 3.79. The molecule has 2 aromatic carbocycles. The van der Waals surface area contributed by atoms with Crippen LogP contribution in [0, 0.1) is 0 Å². The Morgan fingerprint density at radius 1 is 1.14 bits per heavy atom. The first kappa shape index (κ1) is 20.8. The Hall–Kier alpha value is -3.55. The number of rotatable bonds is 9. The van der Waals surface area contributed by atoms with Crippen molar-refractivity contribution in [3.8, 4) is 17.2 Å². The lowest BCUT2D eigenvalue weighted by atomic mass is 10.1. The minimum Gasteiger partial charge on any atom is -0.497 e. The van der Waals surface area contributed by atoms with Crippen LogP contribution in [0.15, 0.2) is 47.6 Å². The van der Waals surface area contributed by atoms with Crippen LogP contribution in [0.5, 0.6) is 17.2 Å². The number of nitrogens with one attached hydrogen (secondary N) is 1. The molecular formula is C20H22N2O6. The number of methoxy groups -OCH3 is 2. The van der Waals surface area contributed by atoms with E-state index in [0.717, 1.165) is 5.56 Å². The van der Waals surface area contributed by atoms with Crippen molar-refractivity contribution in [2.75, 3.05) is 14.2 Å². The maximum absolute atomic E-state index is 12.0. The second-order valence-electron chi connectivity index (χ2n) is 5.79. The molecule has 0 saturated carbocycles. The molecule has 0 aromatic heterocycles. The van der Waals surface area contributed by atoms with E-state index < -0.39 is 12.1 Å². The van der Waals surface area contributed by atoms with Crippen LogP contribution in [-0.2, 0) is 16.0 Å². The van der Waals surface area contributed by atoms with E-state index in [4.69, 9.17) is 19.3 Å². The average Bonchev–Trinajstić information content (AvgIpc) is 2.69. The summed E-state index contributed by atoms with van der Waals surface area (Å²) < 4.78 is 15.8. The fraction of sp³-hybridized carbons (Fsp3) is 0.250. The van der Waals surface area contributed by atoms with Crippen LogP contribution in [-0.4, -0.2) is 43.5 Å². The van der Waals surface area contributed by atoms with E-state index in [-0.39, 0.29) is 18.1 Å². The fourth-order valence-electron chi connectivity index (χ4n) is 2.29. The van der Waals surface area contributed by atoms with Gasteiger partial charge >= 0.3 is 5.97 Å².